The Kier molecular flexibility index (Phi) is 5.21. The Bertz CT molecular complexity index is 425. The first-order valence-electron chi connectivity index (χ1n) is 6.99. The van der Waals surface area contributed by atoms with Crippen molar-refractivity contribution in [1.29, 1.82) is 0 Å². The fourth-order valence-corrected chi connectivity index (χ4v) is 2.27. The smallest absolute Gasteiger partial charge is 0.193 e. The van der Waals surface area contributed by atoms with Crippen LogP contribution < -0.4 is 11.1 Å². The van der Waals surface area contributed by atoms with Crippen LogP contribution in [0.3, 0.4) is 0 Å². The van der Waals surface area contributed by atoms with E-state index in [1.807, 2.05) is 18.2 Å². The minimum absolute atomic E-state index is 0.365. The van der Waals surface area contributed by atoms with Crippen molar-refractivity contribution in [3.05, 3.63) is 29.8 Å². The Morgan fingerprint density at radius 2 is 2.37 bits per heavy atom. The van der Waals surface area contributed by atoms with E-state index in [1.54, 1.807) is 0 Å². The molecule has 1 aliphatic heterocycles. The van der Waals surface area contributed by atoms with Gasteiger partial charge in [0.25, 0.3) is 0 Å². The van der Waals surface area contributed by atoms with E-state index in [1.165, 1.54) is 18.4 Å². The summed E-state index contributed by atoms with van der Waals surface area (Å²) in [4.78, 5) is 4.35. The number of ether oxygens (including phenoxy) is 1. The highest BCUT2D eigenvalue weighted by molar-refractivity contribution is 5.92. The van der Waals surface area contributed by atoms with Crippen LogP contribution in [0.2, 0.25) is 0 Å². The number of aryl methyl sites for hydroxylation is 1. The zero-order valence-electron chi connectivity index (χ0n) is 11.6. The van der Waals surface area contributed by atoms with Crippen molar-refractivity contribution in [2.45, 2.75) is 38.7 Å². The number of rotatable bonds is 4. The predicted octanol–water partition coefficient (Wildman–Crippen LogP) is 2.68. The molecule has 104 valence electrons. The van der Waals surface area contributed by atoms with Crippen LogP contribution in [0, 0.1) is 6.92 Å². The van der Waals surface area contributed by atoms with Gasteiger partial charge in [-0.1, -0.05) is 12.1 Å². The van der Waals surface area contributed by atoms with E-state index in [4.69, 9.17) is 10.5 Å². The van der Waals surface area contributed by atoms with Gasteiger partial charge in [0.2, 0.25) is 0 Å². The van der Waals surface area contributed by atoms with Gasteiger partial charge in [-0.3, -0.25) is 4.99 Å². The summed E-state index contributed by atoms with van der Waals surface area (Å²) < 4.78 is 5.66. The second-order valence-corrected chi connectivity index (χ2v) is 5.04. The number of nitrogens with one attached hydrogen (secondary N) is 1. The number of benzene rings is 1. The third kappa shape index (κ3) is 4.91. The molecule has 0 amide bonds. The number of nitrogens with two attached hydrogens (primary N) is 1. The highest BCUT2D eigenvalue weighted by atomic mass is 16.5. The summed E-state index contributed by atoms with van der Waals surface area (Å²) in [7, 11) is 0. The molecule has 4 nitrogen and oxygen atoms in total. The Morgan fingerprint density at radius 3 is 3.11 bits per heavy atom. The fourth-order valence-electron chi connectivity index (χ4n) is 2.27. The molecule has 1 saturated heterocycles. The molecule has 1 aliphatic rings. The Labute approximate surface area is 115 Å². The average molecular weight is 261 g/mol. The van der Waals surface area contributed by atoms with Crippen LogP contribution in [-0.4, -0.2) is 25.2 Å². The van der Waals surface area contributed by atoms with Crippen molar-refractivity contribution in [1.82, 2.24) is 0 Å². The Hall–Kier alpha value is -1.55. The summed E-state index contributed by atoms with van der Waals surface area (Å²) in [6.45, 7) is 3.67. The van der Waals surface area contributed by atoms with Gasteiger partial charge in [-0.2, -0.15) is 0 Å². The molecular formula is C15H23N3O. The van der Waals surface area contributed by atoms with Gasteiger partial charge in [-0.25, -0.2) is 0 Å². The molecule has 0 spiro atoms. The maximum atomic E-state index is 5.87. The molecule has 2 rings (SSSR count). The van der Waals surface area contributed by atoms with Crippen LogP contribution in [0.5, 0.6) is 0 Å². The van der Waals surface area contributed by atoms with Gasteiger partial charge in [0.15, 0.2) is 5.96 Å². The van der Waals surface area contributed by atoms with Crippen LogP contribution in [0.1, 0.15) is 31.2 Å². The monoisotopic (exact) mass is 261 g/mol. The van der Waals surface area contributed by atoms with Gasteiger partial charge in [0.1, 0.15) is 0 Å². The minimum atomic E-state index is 0.365. The molecule has 0 aliphatic carbocycles. The maximum Gasteiger partial charge on any atom is 0.193 e. The molecule has 3 N–H and O–H groups in total. The largest absolute Gasteiger partial charge is 0.378 e. The predicted molar refractivity (Wildman–Crippen MR) is 79.5 cm³/mol. The molecule has 19 heavy (non-hydrogen) atoms. The summed E-state index contributed by atoms with van der Waals surface area (Å²) >= 11 is 0. The van der Waals surface area contributed by atoms with E-state index in [0.717, 1.165) is 31.7 Å². The van der Waals surface area contributed by atoms with Crippen molar-refractivity contribution in [2.24, 2.45) is 10.7 Å². The van der Waals surface area contributed by atoms with Crippen LogP contribution in [0.25, 0.3) is 0 Å². The number of anilines is 1. The van der Waals surface area contributed by atoms with Gasteiger partial charge < -0.3 is 15.8 Å². The van der Waals surface area contributed by atoms with E-state index in [9.17, 15) is 0 Å². The highest BCUT2D eigenvalue weighted by Gasteiger charge is 2.12. The third-order valence-electron chi connectivity index (χ3n) is 3.30. The lowest BCUT2D eigenvalue weighted by molar-refractivity contribution is 0.0129. The summed E-state index contributed by atoms with van der Waals surface area (Å²) in [6, 6.07) is 8.09. The highest BCUT2D eigenvalue weighted by Crippen LogP contribution is 2.15. The normalized spacial score (nSPS) is 20.3. The molecule has 1 aromatic rings. The van der Waals surface area contributed by atoms with Gasteiger partial charge in [0, 0.05) is 18.8 Å². The molecular weight excluding hydrogens is 238 g/mol. The van der Waals surface area contributed by atoms with Gasteiger partial charge in [-0.05, 0) is 50.3 Å². The molecule has 0 radical (unpaired) electrons. The molecule has 1 atom stereocenters. The molecule has 0 saturated carbocycles. The van der Waals surface area contributed by atoms with E-state index in [2.05, 4.69) is 23.3 Å². The lowest BCUT2D eigenvalue weighted by Gasteiger charge is -2.21. The van der Waals surface area contributed by atoms with Crippen molar-refractivity contribution in [3.63, 3.8) is 0 Å². The van der Waals surface area contributed by atoms with Crippen molar-refractivity contribution in [2.75, 3.05) is 18.5 Å². The fraction of sp³-hybridized carbons (Fsp3) is 0.533. The van der Waals surface area contributed by atoms with Gasteiger partial charge in [0.05, 0.1) is 6.10 Å². The number of aliphatic imine (C=N–C) groups is 1. The molecule has 1 aromatic carbocycles. The second-order valence-electron chi connectivity index (χ2n) is 5.04. The number of hydrogen-bond acceptors (Lipinski definition) is 2. The lowest BCUT2D eigenvalue weighted by atomic mass is 10.1. The number of hydrogen-bond donors (Lipinski definition) is 2. The first-order chi connectivity index (χ1) is 9.24. The first kappa shape index (κ1) is 13.9. The van der Waals surface area contributed by atoms with Crippen molar-refractivity contribution < 1.29 is 4.74 Å². The van der Waals surface area contributed by atoms with E-state index in [0.29, 0.717) is 12.1 Å². The van der Waals surface area contributed by atoms with Gasteiger partial charge in [-0.15, -0.1) is 0 Å². The average Bonchev–Trinajstić information content (AvgIpc) is 2.40. The van der Waals surface area contributed by atoms with Crippen molar-refractivity contribution in [3.8, 4) is 0 Å². The van der Waals surface area contributed by atoms with E-state index in [-0.39, 0.29) is 0 Å². The topological polar surface area (TPSA) is 59.6 Å². The standard InChI is InChI=1S/C15H23N3O/c1-12-5-4-6-13(11-12)18-15(16)17-9-8-14-7-2-3-10-19-14/h4-6,11,14H,2-3,7-10H2,1H3,(H3,16,17,18). The lowest BCUT2D eigenvalue weighted by Crippen LogP contribution is -2.24. The molecule has 1 heterocycles. The van der Waals surface area contributed by atoms with E-state index >= 15 is 0 Å². The van der Waals surface area contributed by atoms with Crippen LogP contribution in [-0.2, 0) is 4.74 Å². The van der Waals surface area contributed by atoms with Crippen molar-refractivity contribution >= 4 is 11.6 Å². The van der Waals surface area contributed by atoms with E-state index < -0.39 is 0 Å². The van der Waals surface area contributed by atoms with Crippen LogP contribution in [0.4, 0.5) is 5.69 Å². The molecule has 1 fully saturated rings. The number of guanidine groups is 1. The summed E-state index contributed by atoms with van der Waals surface area (Å²) in [5.41, 5.74) is 8.05. The zero-order valence-corrected chi connectivity index (χ0v) is 11.6. The first-order valence-corrected chi connectivity index (χ1v) is 6.99. The zero-order chi connectivity index (χ0) is 13.5. The van der Waals surface area contributed by atoms with Gasteiger partial charge >= 0.3 is 0 Å². The molecule has 0 aromatic heterocycles. The summed E-state index contributed by atoms with van der Waals surface area (Å²) in [5.74, 6) is 0.474. The third-order valence-corrected chi connectivity index (χ3v) is 3.30. The Balaban J connectivity index is 1.75. The molecule has 4 heteroatoms. The molecule has 0 bridgehead atoms. The van der Waals surface area contributed by atoms with Crippen LogP contribution in [0.15, 0.2) is 29.3 Å². The minimum Gasteiger partial charge on any atom is -0.378 e. The Morgan fingerprint density at radius 1 is 1.47 bits per heavy atom. The number of nitrogens with zero attached hydrogens (tertiary/aromatic N) is 1. The quantitative estimate of drug-likeness (QED) is 0.647. The maximum absolute atomic E-state index is 5.87. The summed E-state index contributed by atoms with van der Waals surface area (Å²) in [5, 5.41) is 3.11. The summed E-state index contributed by atoms with van der Waals surface area (Å²) in [6.07, 6.45) is 4.93. The SMILES string of the molecule is Cc1cccc(NC(N)=NCCC2CCCCO2)c1. The second kappa shape index (κ2) is 7.14. The molecule has 1 unspecified atom stereocenters. The van der Waals surface area contributed by atoms with Crippen LogP contribution >= 0.6 is 0 Å².